The van der Waals surface area contributed by atoms with E-state index in [4.69, 9.17) is 11.6 Å². The molecule has 2 aromatic rings. The van der Waals surface area contributed by atoms with Crippen molar-refractivity contribution in [3.8, 4) is 0 Å². The van der Waals surface area contributed by atoms with Crippen LogP contribution in [-0.4, -0.2) is 15.5 Å². The molecule has 0 atom stereocenters. The van der Waals surface area contributed by atoms with E-state index in [9.17, 15) is 4.79 Å². The number of halogens is 1. The molecule has 4 nitrogen and oxygen atoms in total. The maximum atomic E-state index is 12.3. The lowest BCUT2D eigenvalue weighted by molar-refractivity contribution is 0.101. The highest BCUT2D eigenvalue weighted by molar-refractivity contribution is 6.32. The van der Waals surface area contributed by atoms with Crippen molar-refractivity contribution in [3.05, 3.63) is 47.0 Å². The van der Waals surface area contributed by atoms with E-state index in [0.29, 0.717) is 16.5 Å². The first-order valence-electron chi connectivity index (χ1n) is 6.21. The van der Waals surface area contributed by atoms with Gasteiger partial charge in [-0.15, -0.1) is 0 Å². The van der Waals surface area contributed by atoms with Crippen LogP contribution in [0, 0.1) is 6.92 Å². The van der Waals surface area contributed by atoms with Crippen molar-refractivity contribution < 1.29 is 4.79 Å². The van der Waals surface area contributed by atoms with Crippen LogP contribution in [0.1, 0.15) is 29.4 Å². The minimum atomic E-state index is -0.170. The molecular formula is C14H16ClN3O. The number of rotatable bonds is 4. The van der Waals surface area contributed by atoms with Crippen LogP contribution >= 0.6 is 11.6 Å². The van der Waals surface area contributed by atoms with Gasteiger partial charge in [-0.1, -0.05) is 18.5 Å². The van der Waals surface area contributed by atoms with E-state index in [0.717, 1.165) is 18.5 Å². The number of carbonyl (C=O) groups excluding carboxylic acids is 1. The maximum absolute atomic E-state index is 12.3. The molecule has 0 fully saturated rings. The number of aromatic nitrogens is 2. The quantitative estimate of drug-likeness (QED) is 0.870. The standard InChI is InChI=1S/C14H16ClN3O/c1-3-8-18-9-4-5-11(18)14(19)17-12-10(2)6-7-16-13(12)15/h4-7,9H,3,8H2,1-2H3,(H,17,19). The van der Waals surface area contributed by atoms with Crippen LogP contribution in [0.3, 0.4) is 0 Å². The first kappa shape index (κ1) is 13.6. The fourth-order valence-electron chi connectivity index (χ4n) is 1.91. The lowest BCUT2D eigenvalue weighted by Crippen LogP contribution is -2.17. The predicted molar refractivity (Wildman–Crippen MR) is 76.7 cm³/mol. The average molecular weight is 278 g/mol. The highest BCUT2D eigenvalue weighted by atomic mass is 35.5. The van der Waals surface area contributed by atoms with Crippen LogP contribution in [0.5, 0.6) is 0 Å². The van der Waals surface area contributed by atoms with Crippen molar-refractivity contribution >= 4 is 23.2 Å². The fourth-order valence-corrected chi connectivity index (χ4v) is 2.16. The molecule has 1 N–H and O–H groups in total. The van der Waals surface area contributed by atoms with Crippen molar-refractivity contribution in [2.75, 3.05) is 5.32 Å². The van der Waals surface area contributed by atoms with Gasteiger partial charge in [0.15, 0.2) is 5.15 Å². The summed E-state index contributed by atoms with van der Waals surface area (Å²) >= 11 is 6.00. The van der Waals surface area contributed by atoms with Crippen LogP contribution in [0.4, 0.5) is 5.69 Å². The molecule has 0 saturated heterocycles. The molecule has 19 heavy (non-hydrogen) atoms. The topological polar surface area (TPSA) is 46.9 Å². The molecule has 1 amide bonds. The largest absolute Gasteiger partial charge is 0.344 e. The van der Waals surface area contributed by atoms with Crippen LogP contribution < -0.4 is 5.32 Å². The lowest BCUT2D eigenvalue weighted by atomic mass is 10.2. The van der Waals surface area contributed by atoms with Gasteiger partial charge in [0.25, 0.3) is 5.91 Å². The highest BCUT2D eigenvalue weighted by Crippen LogP contribution is 2.23. The Bertz CT molecular complexity index is 572. The number of amides is 1. The third kappa shape index (κ3) is 2.96. The summed E-state index contributed by atoms with van der Waals surface area (Å²) in [4.78, 5) is 16.2. The summed E-state index contributed by atoms with van der Waals surface area (Å²) in [5.74, 6) is -0.170. The first-order valence-corrected chi connectivity index (χ1v) is 6.59. The van der Waals surface area contributed by atoms with Crippen molar-refractivity contribution in [1.29, 1.82) is 0 Å². The Morgan fingerprint density at radius 1 is 1.47 bits per heavy atom. The Morgan fingerprint density at radius 2 is 2.26 bits per heavy atom. The van der Waals surface area contributed by atoms with Gasteiger partial charge in [-0.25, -0.2) is 4.98 Å². The van der Waals surface area contributed by atoms with Crippen LogP contribution in [-0.2, 0) is 6.54 Å². The fraction of sp³-hybridized carbons (Fsp3) is 0.286. The number of aryl methyl sites for hydroxylation is 2. The molecule has 2 heterocycles. The van der Waals surface area contributed by atoms with Gasteiger partial charge in [0.1, 0.15) is 5.69 Å². The predicted octanol–water partition coefficient (Wildman–Crippen LogP) is 3.51. The normalized spacial score (nSPS) is 10.5. The number of anilines is 1. The molecule has 2 rings (SSSR count). The van der Waals surface area contributed by atoms with Crippen molar-refractivity contribution in [1.82, 2.24) is 9.55 Å². The molecule has 0 spiro atoms. The Labute approximate surface area is 117 Å². The Balaban J connectivity index is 2.24. The van der Waals surface area contributed by atoms with E-state index in [-0.39, 0.29) is 5.91 Å². The van der Waals surface area contributed by atoms with Crippen LogP contribution in [0.2, 0.25) is 5.15 Å². The second kappa shape index (κ2) is 5.89. The zero-order valence-corrected chi connectivity index (χ0v) is 11.7. The van der Waals surface area contributed by atoms with Crippen molar-refractivity contribution in [3.63, 3.8) is 0 Å². The summed E-state index contributed by atoms with van der Waals surface area (Å²) in [7, 11) is 0. The number of nitrogens with zero attached hydrogens (tertiary/aromatic N) is 2. The molecule has 0 aliphatic heterocycles. The average Bonchev–Trinajstić information content (AvgIpc) is 2.83. The monoisotopic (exact) mass is 277 g/mol. The van der Waals surface area contributed by atoms with Crippen molar-refractivity contribution in [2.24, 2.45) is 0 Å². The molecule has 0 aromatic carbocycles. The number of carbonyl (C=O) groups is 1. The van der Waals surface area contributed by atoms with Gasteiger partial charge in [-0.3, -0.25) is 4.79 Å². The van der Waals surface area contributed by atoms with Gasteiger partial charge < -0.3 is 9.88 Å². The molecule has 0 aliphatic rings. The molecule has 5 heteroatoms. The third-order valence-corrected chi connectivity index (χ3v) is 3.16. The van der Waals surface area contributed by atoms with E-state index in [1.807, 2.05) is 29.8 Å². The molecule has 100 valence electrons. The molecule has 0 saturated carbocycles. The molecular weight excluding hydrogens is 262 g/mol. The number of hydrogen-bond acceptors (Lipinski definition) is 2. The van der Waals surface area contributed by atoms with Gasteiger partial charge in [0, 0.05) is 18.9 Å². The second-order valence-corrected chi connectivity index (χ2v) is 4.69. The van der Waals surface area contributed by atoms with E-state index in [2.05, 4.69) is 17.2 Å². The van der Waals surface area contributed by atoms with Gasteiger partial charge in [-0.05, 0) is 37.1 Å². The summed E-state index contributed by atoms with van der Waals surface area (Å²) < 4.78 is 1.93. The number of pyridine rings is 1. The summed E-state index contributed by atoms with van der Waals surface area (Å²) in [5, 5.41) is 3.13. The van der Waals surface area contributed by atoms with Gasteiger partial charge >= 0.3 is 0 Å². The van der Waals surface area contributed by atoms with Gasteiger partial charge in [0.05, 0.1) is 5.69 Å². The van der Waals surface area contributed by atoms with E-state index >= 15 is 0 Å². The third-order valence-electron chi connectivity index (χ3n) is 2.88. The van der Waals surface area contributed by atoms with Gasteiger partial charge in [0.2, 0.25) is 0 Å². The molecule has 0 aliphatic carbocycles. The van der Waals surface area contributed by atoms with E-state index in [1.165, 1.54) is 0 Å². The molecule has 2 aromatic heterocycles. The number of hydrogen-bond donors (Lipinski definition) is 1. The van der Waals surface area contributed by atoms with Crippen molar-refractivity contribution in [2.45, 2.75) is 26.8 Å². The lowest BCUT2D eigenvalue weighted by Gasteiger charge is -2.11. The van der Waals surface area contributed by atoms with Gasteiger partial charge in [-0.2, -0.15) is 0 Å². The summed E-state index contributed by atoms with van der Waals surface area (Å²) in [6, 6.07) is 5.47. The smallest absolute Gasteiger partial charge is 0.272 e. The minimum Gasteiger partial charge on any atom is -0.344 e. The van der Waals surface area contributed by atoms with Crippen LogP contribution in [0.15, 0.2) is 30.6 Å². The van der Waals surface area contributed by atoms with E-state index < -0.39 is 0 Å². The second-order valence-electron chi connectivity index (χ2n) is 4.33. The van der Waals surface area contributed by atoms with Crippen LogP contribution in [0.25, 0.3) is 0 Å². The SMILES string of the molecule is CCCn1cccc1C(=O)Nc1c(C)ccnc1Cl. The first-order chi connectivity index (χ1) is 9.13. The maximum Gasteiger partial charge on any atom is 0.272 e. The Kier molecular flexibility index (Phi) is 4.22. The van der Waals surface area contributed by atoms with E-state index in [1.54, 1.807) is 12.3 Å². The zero-order valence-electron chi connectivity index (χ0n) is 11.0. The molecule has 0 unspecified atom stereocenters. The molecule has 0 radical (unpaired) electrons. The number of nitrogens with one attached hydrogen (secondary N) is 1. The highest BCUT2D eigenvalue weighted by Gasteiger charge is 2.14. The zero-order chi connectivity index (χ0) is 13.8. The summed E-state index contributed by atoms with van der Waals surface area (Å²) in [6.07, 6.45) is 4.49. The Morgan fingerprint density at radius 3 is 2.95 bits per heavy atom. The Hall–Kier alpha value is -1.81. The molecule has 0 bridgehead atoms. The minimum absolute atomic E-state index is 0.170. The summed E-state index contributed by atoms with van der Waals surface area (Å²) in [5.41, 5.74) is 2.08. The summed E-state index contributed by atoms with van der Waals surface area (Å²) in [6.45, 7) is 4.77.